The molecule has 1 aliphatic heterocycles. The molecule has 1 fully saturated rings. The summed E-state index contributed by atoms with van der Waals surface area (Å²) in [6.07, 6.45) is 3.81. The molecule has 1 rings (SSSR count). The Morgan fingerprint density at radius 2 is 2.38 bits per heavy atom. The zero-order chi connectivity index (χ0) is 9.68. The van der Waals surface area contributed by atoms with Crippen LogP contribution in [0, 0.1) is 0 Å². The number of unbranched alkanes of at least 4 members (excludes halogenated alkanes) is 1. The van der Waals surface area contributed by atoms with Crippen LogP contribution in [0.5, 0.6) is 0 Å². The highest BCUT2D eigenvalue weighted by molar-refractivity contribution is 8.72. The van der Waals surface area contributed by atoms with E-state index in [1.54, 1.807) is 0 Å². The average molecular weight is 222 g/mol. The number of carboxylic acids is 1. The first kappa shape index (κ1) is 11.2. The zero-order valence-corrected chi connectivity index (χ0v) is 9.03. The van der Waals surface area contributed by atoms with Gasteiger partial charge in [-0.2, -0.15) is 0 Å². The van der Waals surface area contributed by atoms with Crippen LogP contribution < -0.4 is 0 Å². The average Bonchev–Trinajstić information content (AvgIpc) is 2.45. The van der Waals surface area contributed by atoms with Crippen molar-refractivity contribution in [1.82, 2.24) is 0 Å². The van der Waals surface area contributed by atoms with Gasteiger partial charge in [-0.15, -0.1) is 0 Å². The van der Waals surface area contributed by atoms with Crippen molar-refractivity contribution < 1.29 is 14.5 Å². The molecule has 1 saturated heterocycles. The van der Waals surface area contributed by atoms with Gasteiger partial charge in [0, 0.05) is 28.8 Å². The molecular formula is C8H14O3S2. The van der Waals surface area contributed by atoms with Gasteiger partial charge in [0.25, 0.3) is 0 Å². The van der Waals surface area contributed by atoms with Crippen LogP contribution in [-0.4, -0.2) is 26.6 Å². The standard InChI is InChI=1S/C8H14O3S2/c9-8(10)4-2-1-3-7-5-6-12-13(7)11/h7H,1-6H2,(H,9,10). The SMILES string of the molecule is O=C(O)CCCCC1CCS[S+]1[O-]. The topological polar surface area (TPSA) is 60.4 Å². The molecule has 0 spiro atoms. The molecule has 0 saturated carbocycles. The summed E-state index contributed by atoms with van der Waals surface area (Å²) >= 11 is 0. The van der Waals surface area contributed by atoms with E-state index in [4.69, 9.17) is 5.11 Å². The van der Waals surface area contributed by atoms with E-state index in [-0.39, 0.29) is 6.42 Å². The lowest BCUT2D eigenvalue weighted by Gasteiger charge is -2.10. The van der Waals surface area contributed by atoms with Gasteiger partial charge in [0.05, 0.1) is 10.8 Å². The molecule has 76 valence electrons. The van der Waals surface area contributed by atoms with Crippen LogP contribution in [0.2, 0.25) is 0 Å². The molecular weight excluding hydrogens is 208 g/mol. The number of hydrogen-bond acceptors (Lipinski definition) is 3. The lowest BCUT2D eigenvalue weighted by atomic mass is 10.1. The smallest absolute Gasteiger partial charge is 0.303 e. The van der Waals surface area contributed by atoms with E-state index < -0.39 is 16.2 Å². The maximum absolute atomic E-state index is 11.3. The summed E-state index contributed by atoms with van der Waals surface area (Å²) in [5.74, 6) is 0.262. The quantitative estimate of drug-likeness (QED) is 0.438. The molecule has 2 atom stereocenters. The monoisotopic (exact) mass is 222 g/mol. The van der Waals surface area contributed by atoms with Crippen LogP contribution in [-0.2, 0) is 15.0 Å². The maximum atomic E-state index is 11.3. The fourth-order valence-electron chi connectivity index (χ4n) is 1.34. The number of carbonyl (C=O) groups is 1. The van der Waals surface area contributed by atoms with Gasteiger partial charge in [-0.1, -0.05) is 0 Å². The van der Waals surface area contributed by atoms with Crippen molar-refractivity contribution in [2.24, 2.45) is 0 Å². The van der Waals surface area contributed by atoms with E-state index in [1.165, 1.54) is 10.8 Å². The van der Waals surface area contributed by atoms with E-state index in [0.29, 0.717) is 11.7 Å². The van der Waals surface area contributed by atoms with Crippen molar-refractivity contribution in [2.75, 3.05) is 5.75 Å². The van der Waals surface area contributed by atoms with Crippen LogP contribution >= 0.6 is 10.8 Å². The Balaban J connectivity index is 2.02. The molecule has 0 radical (unpaired) electrons. The Kier molecular flexibility index (Phi) is 4.98. The Morgan fingerprint density at radius 3 is 2.92 bits per heavy atom. The number of aliphatic carboxylic acids is 1. The van der Waals surface area contributed by atoms with Crippen molar-refractivity contribution in [1.29, 1.82) is 0 Å². The van der Waals surface area contributed by atoms with E-state index in [9.17, 15) is 9.35 Å². The van der Waals surface area contributed by atoms with Crippen molar-refractivity contribution in [3.8, 4) is 0 Å². The van der Waals surface area contributed by atoms with E-state index in [0.717, 1.165) is 25.0 Å². The summed E-state index contributed by atoms with van der Waals surface area (Å²) in [6, 6.07) is 0. The first-order valence-electron chi connectivity index (χ1n) is 4.46. The van der Waals surface area contributed by atoms with Crippen molar-refractivity contribution in [2.45, 2.75) is 37.4 Å². The van der Waals surface area contributed by atoms with Crippen molar-refractivity contribution in [3.63, 3.8) is 0 Å². The van der Waals surface area contributed by atoms with Gasteiger partial charge in [0.1, 0.15) is 5.25 Å². The predicted octanol–water partition coefficient (Wildman–Crippen LogP) is 1.80. The highest BCUT2D eigenvalue weighted by atomic mass is 33.1. The Morgan fingerprint density at radius 1 is 1.62 bits per heavy atom. The summed E-state index contributed by atoms with van der Waals surface area (Å²) in [5.41, 5.74) is 0. The molecule has 0 bridgehead atoms. The first-order valence-corrected chi connectivity index (χ1v) is 7.17. The van der Waals surface area contributed by atoms with Crippen LogP contribution in [0.1, 0.15) is 32.1 Å². The van der Waals surface area contributed by atoms with Crippen LogP contribution in [0.15, 0.2) is 0 Å². The van der Waals surface area contributed by atoms with Crippen LogP contribution in [0.25, 0.3) is 0 Å². The molecule has 0 aromatic heterocycles. The predicted molar refractivity (Wildman–Crippen MR) is 55.1 cm³/mol. The molecule has 13 heavy (non-hydrogen) atoms. The summed E-state index contributed by atoms with van der Waals surface area (Å²) in [6.45, 7) is 0. The normalized spacial score (nSPS) is 27.8. The third kappa shape index (κ3) is 4.24. The third-order valence-corrected chi connectivity index (χ3v) is 5.74. The summed E-state index contributed by atoms with van der Waals surface area (Å²) in [4.78, 5) is 10.2. The second-order valence-corrected chi connectivity index (χ2v) is 6.66. The fourth-order valence-corrected chi connectivity index (χ4v) is 4.84. The highest BCUT2D eigenvalue weighted by Gasteiger charge is 2.30. The van der Waals surface area contributed by atoms with Crippen molar-refractivity contribution >= 4 is 27.0 Å². The van der Waals surface area contributed by atoms with Gasteiger partial charge in [0.15, 0.2) is 0 Å². The van der Waals surface area contributed by atoms with Crippen molar-refractivity contribution in [3.05, 3.63) is 0 Å². The molecule has 1 N–H and O–H groups in total. The number of carboxylic acid groups (broad SMARTS) is 1. The molecule has 0 aromatic rings. The van der Waals surface area contributed by atoms with Gasteiger partial charge in [-0.3, -0.25) is 4.79 Å². The Labute approximate surface area is 84.9 Å². The van der Waals surface area contributed by atoms with Gasteiger partial charge in [0.2, 0.25) is 0 Å². The van der Waals surface area contributed by atoms with Crippen LogP contribution in [0.4, 0.5) is 0 Å². The second-order valence-electron chi connectivity index (χ2n) is 3.13. The minimum atomic E-state index is -0.734. The second kappa shape index (κ2) is 5.78. The molecule has 0 aromatic carbocycles. The molecule has 1 aliphatic rings. The lowest BCUT2D eigenvalue weighted by molar-refractivity contribution is -0.137. The van der Waals surface area contributed by atoms with E-state index in [1.807, 2.05) is 0 Å². The number of hydrogen-bond donors (Lipinski definition) is 1. The Hall–Kier alpha value is 0.130. The molecule has 1 heterocycles. The summed E-state index contributed by atoms with van der Waals surface area (Å²) in [7, 11) is 0.820. The minimum absolute atomic E-state index is 0.243. The Bertz CT molecular complexity index is 175. The molecule has 0 amide bonds. The third-order valence-electron chi connectivity index (χ3n) is 2.08. The summed E-state index contributed by atoms with van der Waals surface area (Å²) < 4.78 is 11.3. The molecule has 5 heteroatoms. The molecule has 0 aliphatic carbocycles. The van der Waals surface area contributed by atoms with Crippen LogP contribution in [0.3, 0.4) is 0 Å². The largest absolute Gasteiger partial charge is 0.605 e. The molecule has 2 unspecified atom stereocenters. The zero-order valence-electron chi connectivity index (χ0n) is 7.40. The summed E-state index contributed by atoms with van der Waals surface area (Å²) in [5, 5.41) is 8.71. The maximum Gasteiger partial charge on any atom is 0.303 e. The first-order chi connectivity index (χ1) is 6.20. The van der Waals surface area contributed by atoms with E-state index in [2.05, 4.69) is 0 Å². The fraction of sp³-hybridized carbons (Fsp3) is 0.875. The van der Waals surface area contributed by atoms with Gasteiger partial charge in [-0.25, -0.2) is 0 Å². The highest BCUT2D eigenvalue weighted by Crippen LogP contribution is 2.33. The number of rotatable bonds is 5. The molecule has 3 nitrogen and oxygen atoms in total. The van der Waals surface area contributed by atoms with Gasteiger partial charge >= 0.3 is 5.97 Å². The van der Waals surface area contributed by atoms with Gasteiger partial charge < -0.3 is 9.66 Å². The van der Waals surface area contributed by atoms with E-state index >= 15 is 0 Å². The minimum Gasteiger partial charge on any atom is -0.605 e. The van der Waals surface area contributed by atoms with Gasteiger partial charge in [-0.05, 0) is 19.3 Å². The lowest BCUT2D eigenvalue weighted by Crippen LogP contribution is -2.12.